The van der Waals surface area contributed by atoms with Crippen LogP contribution in [-0.4, -0.2) is 10.1 Å². The van der Waals surface area contributed by atoms with E-state index in [0.717, 1.165) is 14.1 Å². The molecule has 0 saturated heterocycles. The summed E-state index contributed by atoms with van der Waals surface area (Å²) in [5.41, 5.74) is 2.54. The lowest BCUT2D eigenvalue weighted by Gasteiger charge is -2.02. The number of hydrogen-bond donors (Lipinski definition) is 1. The minimum atomic E-state index is -0.0516. The standard InChI is InChI=1S/C12H12ClNOS2/c1-7-3-4-9(5-8(7)2)16-12-14-11(13)10(6-15)17-12/h3-5,15H,6H2,1-2H3. The van der Waals surface area contributed by atoms with E-state index in [1.807, 2.05) is 0 Å². The van der Waals surface area contributed by atoms with Gasteiger partial charge in [0.15, 0.2) is 4.34 Å². The largest absolute Gasteiger partial charge is 0.391 e. The van der Waals surface area contributed by atoms with Gasteiger partial charge < -0.3 is 5.11 Å². The van der Waals surface area contributed by atoms with Crippen molar-refractivity contribution in [2.75, 3.05) is 0 Å². The summed E-state index contributed by atoms with van der Waals surface area (Å²) < 4.78 is 0.863. The van der Waals surface area contributed by atoms with E-state index in [2.05, 4.69) is 37.0 Å². The maximum atomic E-state index is 9.06. The number of aromatic nitrogens is 1. The lowest BCUT2D eigenvalue weighted by Crippen LogP contribution is -1.80. The molecule has 1 aromatic heterocycles. The Hall–Kier alpha value is -0.550. The zero-order valence-corrected chi connectivity index (χ0v) is 11.9. The highest BCUT2D eigenvalue weighted by Crippen LogP contribution is 2.35. The Morgan fingerprint density at radius 3 is 2.71 bits per heavy atom. The molecule has 1 N–H and O–H groups in total. The third kappa shape index (κ3) is 3.01. The van der Waals surface area contributed by atoms with Gasteiger partial charge in [0.2, 0.25) is 0 Å². The Kier molecular flexibility index (Phi) is 4.09. The van der Waals surface area contributed by atoms with Crippen LogP contribution in [0.2, 0.25) is 5.15 Å². The van der Waals surface area contributed by atoms with Crippen LogP contribution < -0.4 is 0 Å². The summed E-state index contributed by atoms with van der Waals surface area (Å²) in [6, 6.07) is 6.30. The molecule has 0 spiro atoms. The van der Waals surface area contributed by atoms with E-state index in [1.165, 1.54) is 22.5 Å². The molecular weight excluding hydrogens is 274 g/mol. The van der Waals surface area contributed by atoms with Gasteiger partial charge in [-0.2, -0.15) is 0 Å². The van der Waals surface area contributed by atoms with E-state index in [1.54, 1.807) is 11.8 Å². The van der Waals surface area contributed by atoms with Crippen molar-refractivity contribution in [2.24, 2.45) is 0 Å². The minimum absolute atomic E-state index is 0.0516. The number of aryl methyl sites for hydroxylation is 2. The van der Waals surface area contributed by atoms with Crippen molar-refractivity contribution < 1.29 is 5.11 Å². The summed E-state index contributed by atoms with van der Waals surface area (Å²) >= 11 is 8.90. The monoisotopic (exact) mass is 285 g/mol. The molecule has 0 saturated carbocycles. The second-order valence-electron chi connectivity index (χ2n) is 3.70. The predicted molar refractivity (Wildman–Crippen MR) is 73.1 cm³/mol. The Balaban J connectivity index is 2.22. The molecule has 2 aromatic rings. The van der Waals surface area contributed by atoms with Crippen LogP contribution >= 0.6 is 34.7 Å². The first-order valence-electron chi connectivity index (χ1n) is 5.11. The fourth-order valence-corrected chi connectivity index (χ4v) is 3.70. The third-order valence-corrected chi connectivity index (χ3v) is 4.97. The molecule has 0 aliphatic heterocycles. The summed E-state index contributed by atoms with van der Waals surface area (Å²) in [5.74, 6) is 0. The number of aliphatic hydroxyl groups is 1. The predicted octanol–water partition coefficient (Wildman–Crippen LogP) is 4.06. The van der Waals surface area contributed by atoms with Gasteiger partial charge in [0, 0.05) is 4.90 Å². The van der Waals surface area contributed by atoms with E-state index < -0.39 is 0 Å². The van der Waals surface area contributed by atoms with Crippen molar-refractivity contribution >= 4 is 34.7 Å². The first kappa shape index (κ1) is 12.9. The fraction of sp³-hybridized carbons (Fsp3) is 0.250. The topological polar surface area (TPSA) is 33.1 Å². The molecule has 0 radical (unpaired) electrons. The second-order valence-corrected chi connectivity index (χ2v) is 6.46. The van der Waals surface area contributed by atoms with Crippen LogP contribution in [0.5, 0.6) is 0 Å². The summed E-state index contributed by atoms with van der Waals surface area (Å²) in [6.45, 7) is 4.13. The molecule has 2 rings (SSSR count). The van der Waals surface area contributed by atoms with E-state index in [4.69, 9.17) is 16.7 Å². The van der Waals surface area contributed by atoms with E-state index in [9.17, 15) is 0 Å². The third-order valence-electron chi connectivity index (χ3n) is 2.46. The molecule has 0 aliphatic rings. The maximum Gasteiger partial charge on any atom is 0.156 e. The molecule has 17 heavy (non-hydrogen) atoms. The van der Waals surface area contributed by atoms with E-state index in [0.29, 0.717) is 5.15 Å². The van der Waals surface area contributed by atoms with Gasteiger partial charge >= 0.3 is 0 Å². The Morgan fingerprint density at radius 1 is 1.35 bits per heavy atom. The number of halogens is 1. The van der Waals surface area contributed by atoms with Crippen LogP contribution in [0, 0.1) is 13.8 Å². The van der Waals surface area contributed by atoms with Crippen LogP contribution in [0.25, 0.3) is 0 Å². The Labute approximate surface area is 114 Å². The SMILES string of the molecule is Cc1ccc(Sc2nc(Cl)c(CO)s2)cc1C. The van der Waals surface area contributed by atoms with Crippen molar-refractivity contribution in [3.63, 3.8) is 0 Å². The second kappa shape index (κ2) is 5.40. The normalized spacial score (nSPS) is 10.8. The number of benzene rings is 1. The molecule has 2 nitrogen and oxygen atoms in total. The smallest absolute Gasteiger partial charge is 0.156 e. The van der Waals surface area contributed by atoms with E-state index >= 15 is 0 Å². The Morgan fingerprint density at radius 2 is 2.12 bits per heavy atom. The highest BCUT2D eigenvalue weighted by atomic mass is 35.5. The van der Waals surface area contributed by atoms with Gasteiger partial charge in [0.1, 0.15) is 5.15 Å². The van der Waals surface area contributed by atoms with Crippen LogP contribution in [0.15, 0.2) is 27.4 Å². The molecule has 0 fully saturated rings. The van der Waals surface area contributed by atoms with Crippen LogP contribution in [-0.2, 0) is 6.61 Å². The van der Waals surface area contributed by atoms with Crippen molar-refractivity contribution in [1.82, 2.24) is 4.98 Å². The molecule has 0 unspecified atom stereocenters. The summed E-state index contributed by atoms with van der Waals surface area (Å²) in [5, 5.41) is 9.46. The molecular formula is C12H12ClNOS2. The zero-order chi connectivity index (χ0) is 12.4. The van der Waals surface area contributed by atoms with Crippen LogP contribution in [0.3, 0.4) is 0 Å². The average molecular weight is 286 g/mol. The van der Waals surface area contributed by atoms with Gasteiger partial charge in [-0.25, -0.2) is 4.98 Å². The number of thiazole rings is 1. The molecule has 90 valence electrons. The van der Waals surface area contributed by atoms with Crippen LogP contribution in [0.1, 0.15) is 16.0 Å². The van der Waals surface area contributed by atoms with Gasteiger partial charge in [0.05, 0.1) is 11.5 Å². The number of hydrogen-bond acceptors (Lipinski definition) is 4. The van der Waals surface area contributed by atoms with Gasteiger partial charge in [-0.1, -0.05) is 29.4 Å². The fourth-order valence-electron chi connectivity index (χ4n) is 1.33. The molecule has 0 bridgehead atoms. The minimum Gasteiger partial charge on any atom is -0.391 e. The lowest BCUT2D eigenvalue weighted by atomic mass is 10.1. The zero-order valence-electron chi connectivity index (χ0n) is 9.53. The summed E-state index contributed by atoms with van der Waals surface area (Å²) in [4.78, 5) is 6.08. The van der Waals surface area contributed by atoms with Crippen molar-refractivity contribution in [3.8, 4) is 0 Å². The van der Waals surface area contributed by atoms with Crippen molar-refractivity contribution in [3.05, 3.63) is 39.4 Å². The average Bonchev–Trinajstić information content (AvgIpc) is 2.64. The summed E-state index contributed by atoms with van der Waals surface area (Å²) in [6.07, 6.45) is 0. The molecule has 0 amide bonds. The summed E-state index contributed by atoms with van der Waals surface area (Å²) in [7, 11) is 0. The first-order chi connectivity index (χ1) is 8.10. The highest BCUT2D eigenvalue weighted by molar-refractivity contribution is 8.01. The molecule has 5 heteroatoms. The highest BCUT2D eigenvalue weighted by Gasteiger charge is 2.09. The van der Waals surface area contributed by atoms with Gasteiger partial charge in [-0.3, -0.25) is 0 Å². The Bertz CT molecular complexity index is 539. The number of nitrogens with zero attached hydrogens (tertiary/aromatic N) is 1. The van der Waals surface area contributed by atoms with E-state index in [-0.39, 0.29) is 6.61 Å². The van der Waals surface area contributed by atoms with Gasteiger partial charge in [0.25, 0.3) is 0 Å². The number of aliphatic hydroxyl groups excluding tert-OH is 1. The maximum absolute atomic E-state index is 9.06. The molecule has 0 atom stereocenters. The number of rotatable bonds is 3. The molecule has 0 aliphatic carbocycles. The van der Waals surface area contributed by atoms with Crippen molar-refractivity contribution in [1.29, 1.82) is 0 Å². The van der Waals surface area contributed by atoms with Crippen LogP contribution in [0.4, 0.5) is 0 Å². The van der Waals surface area contributed by atoms with Crippen molar-refractivity contribution in [2.45, 2.75) is 29.7 Å². The quantitative estimate of drug-likeness (QED) is 0.923. The van der Waals surface area contributed by atoms with Gasteiger partial charge in [-0.05, 0) is 37.1 Å². The molecule has 1 heterocycles. The van der Waals surface area contributed by atoms with Gasteiger partial charge in [-0.15, -0.1) is 11.3 Å². The lowest BCUT2D eigenvalue weighted by molar-refractivity contribution is 0.285. The first-order valence-corrected chi connectivity index (χ1v) is 7.12. The molecule has 1 aromatic carbocycles.